The van der Waals surface area contributed by atoms with Gasteiger partial charge in [-0.1, -0.05) is 6.07 Å². The summed E-state index contributed by atoms with van der Waals surface area (Å²) in [5, 5.41) is 15.6. The number of hydrogen-bond acceptors (Lipinski definition) is 5. The molecule has 1 saturated carbocycles. The number of benzene rings is 1. The Kier molecular flexibility index (Phi) is 6.02. The Balaban J connectivity index is 1.32. The molecule has 3 aliphatic rings. The minimum atomic E-state index is -0.751. The number of nitriles is 1. The number of piperidine rings is 2. The Labute approximate surface area is 171 Å². The summed E-state index contributed by atoms with van der Waals surface area (Å²) in [7, 11) is 2.09. The van der Waals surface area contributed by atoms with Crippen molar-refractivity contribution in [2.24, 2.45) is 5.92 Å². The van der Waals surface area contributed by atoms with Gasteiger partial charge in [0.05, 0.1) is 12.1 Å². The summed E-state index contributed by atoms with van der Waals surface area (Å²) in [6.07, 6.45) is 5.32. The van der Waals surface area contributed by atoms with Gasteiger partial charge in [-0.25, -0.2) is 4.39 Å². The molecule has 7 heteroatoms. The van der Waals surface area contributed by atoms with E-state index in [0.717, 1.165) is 45.2 Å². The summed E-state index contributed by atoms with van der Waals surface area (Å²) in [6, 6.07) is 6.35. The van der Waals surface area contributed by atoms with Crippen LogP contribution in [-0.4, -0.2) is 55.2 Å². The van der Waals surface area contributed by atoms with Gasteiger partial charge in [0.25, 0.3) is 0 Å². The third-order valence-corrected chi connectivity index (χ3v) is 6.53. The maximum absolute atomic E-state index is 14.6. The molecule has 2 saturated heterocycles. The summed E-state index contributed by atoms with van der Waals surface area (Å²) in [4.78, 5) is 14.8. The Morgan fingerprint density at radius 3 is 2.79 bits per heavy atom. The molecule has 1 amide bonds. The van der Waals surface area contributed by atoms with Crippen molar-refractivity contribution in [3.8, 4) is 11.8 Å². The summed E-state index contributed by atoms with van der Waals surface area (Å²) in [5.74, 6) is 0.325. The van der Waals surface area contributed by atoms with Gasteiger partial charge in [0.2, 0.25) is 5.91 Å². The first-order valence-electron chi connectivity index (χ1n) is 10.6. The van der Waals surface area contributed by atoms with Crippen molar-refractivity contribution in [2.75, 3.05) is 20.1 Å². The quantitative estimate of drug-likeness (QED) is 0.764. The number of carbonyl (C=O) groups is 1. The van der Waals surface area contributed by atoms with E-state index in [0.29, 0.717) is 23.3 Å². The van der Waals surface area contributed by atoms with E-state index in [4.69, 9.17) is 4.74 Å². The number of nitrogens with zero attached hydrogens (tertiary/aromatic N) is 2. The van der Waals surface area contributed by atoms with Crippen LogP contribution in [0.1, 0.15) is 37.7 Å². The second-order valence-corrected chi connectivity index (χ2v) is 8.68. The highest BCUT2D eigenvalue weighted by atomic mass is 19.1. The minimum absolute atomic E-state index is 0.108. The second-order valence-electron chi connectivity index (χ2n) is 8.68. The van der Waals surface area contributed by atoms with Crippen molar-refractivity contribution in [1.82, 2.24) is 15.5 Å². The molecule has 4 rings (SSSR count). The fourth-order valence-corrected chi connectivity index (χ4v) is 4.82. The molecule has 3 fully saturated rings. The Hall–Kier alpha value is -2.17. The van der Waals surface area contributed by atoms with Crippen molar-refractivity contribution < 1.29 is 13.9 Å². The Morgan fingerprint density at radius 1 is 1.38 bits per heavy atom. The third kappa shape index (κ3) is 4.71. The number of hydrogen-bond donors (Lipinski definition) is 2. The zero-order chi connectivity index (χ0) is 20.4. The SMILES string of the molecule is CN1CCC(Oc2ccc(CC(C#N)NC(=O)C3NC4CCC3C4)c(F)c2)CC1. The van der Waals surface area contributed by atoms with Gasteiger partial charge in [-0.05, 0) is 56.7 Å². The number of amides is 1. The first kappa shape index (κ1) is 20.1. The number of nitrogens with one attached hydrogen (secondary N) is 2. The average Bonchev–Trinajstić information content (AvgIpc) is 3.34. The van der Waals surface area contributed by atoms with Gasteiger partial charge in [-0.2, -0.15) is 5.26 Å². The molecule has 0 aromatic heterocycles. The molecular formula is C22H29FN4O2. The molecule has 2 N–H and O–H groups in total. The largest absolute Gasteiger partial charge is 0.490 e. The van der Waals surface area contributed by atoms with Crippen LogP contribution in [0.25, 0.3) is 0 Å². The summed E-state index contributed by atoms with van der Waals surface area (Å²) >= 11 is 0. The van der Waals surface area contributed by atoms with Crippen molar-refractivity contribution in [2.45, 2.75) is 62.8 Å². The predicted octanol–water partition coefficient (Wildman–Crippen LogP) is 1.99. The molecule has 4 unspecified atom stereocenters. The Bertz CT molecular complexity index is 788. The van der Waals surface area contributed by atoms with Crippen molar-refractivity contribution in [3.05, 3.63) is 29.6 Å². The van der Waals surface area contributed by atoms with Crippen LogP contribution in [0.3, 0.4) is 0 Å². The van der Waals surface area contributed by atoms with E-state index in [9.17, 15) is 14.4 Å². The lowest BCUT2D eigenvalue weighted by Gasteiger charge is -2.29. The normalized spacial score (nSPS) is 28.1. The molecule has 0 radical (unpaired) electrons. The first-order valence-corrected chi connectivity index (χ1v) is 10.6. The second kappa shape index (κ2) is 8.68. The van der Waals surface area contributed by atoms with E-state index in [1.807, 2.05) is 0 Å². The molecule has 2 bridgehead atoms. The highest BCUT2D eigenvalue weighted by molar-refractivity contribution is 5.83. The van der Waals surface area contributed by atoms with Crippen LogP contribution in [0.4, 0.5) is 4.39 Å². The van der Waals surface area contributed by atoms with E-state index >= 15 is 0 Å². The van der Waals surface area contributed by atoms with Crippen LogP contribution >= 0.6 is 0 Å². The lowest BCUT2D eigenvalue weighted by molar-refractivity contribution is -0.124. The number of carbonyl (C=O) groups excluding carboxylic acids is 1. The molecule has 6 nitrogen and oxygen atoms in total. The Morgan fingerprint density at radius 2 is 2.17 bits per heavy atom. The van der Waals surface area contributed by atoms with Gasteiger partial charge < -0.3 is 20.3 Å². The zero-order valence-electron chi connectivity index (χ0n) is 16.9. The third-order valence-electron chi connectivity index (χ3n) is 6.53. The zero-order valence-corrected chi connectivity index (χ0v) is 16.9. The standard InChI is InChI=1S/C22H29FN4O2/c1-27-8-6-18(7-9-27)29-19-5-3-14(20(23)12-19)10-17(13-24)26-22(28)21-15-2-4-16(11-15)25-21/h3,5,12,15-18,21,25H,2,4,6-11H2,1H3,(H,26,28). The van der Waals surface area contributed by atoms with E-state index in [1.165, 1.54) is 6.07 Å². The fraction of sp³-hybridized carbons (Fsp3) is 0.636. The van der Waals surface area contributed by atoms with Gasteiger partial charge >= 0.3 is 0 Å². The molecule has 4 atom stereocenters. The molecule has 0 spiro atoms. The van der Waals surface area contributed by atoms with Crippen molar-refractivity contribution in [3.63, 3.8) is 0 Å². The van der Waals surface area contributed by atoms with Gasteiger partial charge in [0, 0.05) is 31.6 Å². The molecule has 2 heterocycles. The lowest BCUT2D eigenvalue weighted by Crippen LogP contribution is -2.50. The monoisotopic (exact) mass is 400 g/mol. The summed E-state index contributed by atoms with van der Waals surface area (Å²) in [6.45, 7) is 1.96. The highest BCUT2D eigenvalue weighted by Crippen LogP contribution is 2.35. The van der Waals surface area contributed by atoms with Crippen LogP contribution < -0.4 is 15.4 Å². The molecule has 1 aliphatic carbocycles. The van der Waals surface area contributed by atoms with Gasteiger partial charge in [0.1, 0.15) is 23.7 Å². The van der Waals surface area contributed by atoms with Crippen LogP contribution in [0.5, 0.6) is 5.75 Å². The molecule has 1 aromatic carbocycles. The van der Waals surface area contributed by atoms with Crippen LogP contribution in [0.2, 0.25) is 0 Å². The number of halogens is 1. The van der Waals surface area contributed by atoms with Crippen LogP contribution in [0, 0.1) is 23.1 Å². The lowest BCUT2D eigenvalue weighted by atomic mass is 9.98. The van der Waals surface area contributed by atoms with Crippen LogP contribution in [-0.2, 0) is 11.2 Å². The van der Waals surface area contributed by atoms with E-state index in [2.05, 4.69) is 28.7 Å². The van der Waals surface area contributed by atoms with E-state index < -0.39 is 11.9 Å². The topological polar surface area (TPSA) is 77.4 Å². The number of ether oxygens (including phenoxy) is 1. The summed E-state index contributed by atoms with van der Waals surface area (Å²) < 4.78 is 20.5. The minimum Gasteiger partial charge on any atom is -0.490 e. The van der Waals surface area contributed by atoms with Crippen LogP contribution in [0.15, 0.2) is 18.2 Å². The number of likely N-dealkylation sites (tertiary alicyclic amines) is 1. The van der Waals surface area contributed by atoms with E-state index in [1.54, 1.807) is 12.1 Å². The average molecular weight is 400 g/mol. The number of rotatable bonds is 6. The highest BCUT2D eigenvalue weighted by Gasteiger charge is 2.43. The smallest absolute Gasteiger partial charge is 0.238 e. The fourth-order valence-electron chi connectivity index (χ4n) is 4.82. The molecule has 2 aliphatic heterocycles. The van der Waals surface area contributed by atoms with Gasteiger partial charge in [-0.3, -0.25) is 4.79 Å². The maximum Gasteiger partial charge on any atom is 0.238 e. The van der Waals surface area contributed by atoms with Gasteiger partial charge in [0.15, 0.2) is 0 Å². The molecule has 1 aromatic rings. The molecular weight excluding hydrogens is 371 g/mol. The number of fused-ring (bicyclic) bond motifs is 2. The van der Waals surface area contributed by atoms with Crippen molar-refractivity contribution >= 4 is 5.91 Å². The van der Waals surface area contributed by atoms with Gasteiger partial charge in [-0.15, -0.1) is 0 Å². The summed E-state index contributed by atoms with van der Waals surface area (Å²) in [5.41, 5.74) is 0.411. The molecule has 29 heavy (non-hydrogen) atoms. The predicted molar refractivity (Wildman–Crippen MR) is 107 cm³/mol. The van der Waals surface area contributed by atoms with E-state index in [-0.39, 0.29) is 24.5 Å². The van der Waals surface area contributed by atoms with Crippen molar-refractivity contribution in [1.29, 1.82) is 5.26 Å². The molecule has 156 valence electrons. The maximum atomic E-state index is 14.6. The first-order chi connectivity index (χ1) is 14.0.